The van der Waals surface area contributed by atoms with Crippen LogP contribution in [0.3, 0.4) is 0 Å². The number of hydrogen-bond acceptors (Lipinski definition) is 7. The van der Waals surface area contributed by atoms with Gasteiger partial charge in [0, 0.05) is 30.3 Å². The Labute approximate surface area is 168 Å². The van der Waals surface area contributed by atoms with Gasteiger partial charge in [-0.2, -0.15) is 0 Å². The predicted molar refractivity (Wildman–Crippen MR) is 109 cm³/mol. The van der Waals surface area contributed by atoms with Crippen LogP contribution in [0.15, 0.2) is 28.7 Å². The molecule has 0 atom stereocenters. The Morgan fingerprint density at radius 1 is 1.39 bits per heavy atom. The molecule has 1 fully saturated rings. The molecule has 9 nitrogen and oxygen atoms in total. The lowest BCUT2D eigenvalue weighted by Gasteiger charge is -2.24. The Morgan fingerprint density at radius 3 is 2.86 bits per heavy atom. The van der Waals surface area contributed by atoms with E-state index < -0.39 is 4.92 Å². The summed E-state index contributed by atoms with van der Waals surface area (Å²) in [6, 6.07) is 6.55. The predicted octanol–water partition coefficient (Wildman–Crippen LogP) is 2.44. The van der Waals surface area contributed by atoms with Gasteiger partial charge in [-0.05, 0) is 58.2 Å². The highest BCUT2D eigenvalue weighted by molar-refractivity contribution is 7.80. The van der Waals surface area contributed by atoms with Crippen LogP contribution in [0, 0.1) is 10.1 Å². The minimum absolute atomic E-state index is 0.0139. The molecule has 3 rings (SSSR count). The third-order valence-corrected chi connectivity index (χ3v) is 4.76. The molecular formula is C18H24N6O3S. The summed E-state index contributed by atoms with van der Waals surface area (Å²) in [5, 5.41) is 23.1. The summed E-state index contributed by atoms with van der Waals surface area (Å²) in [6.07, 6.45) is 3.18. The van der Waals surface area contributed by atoms with Gasteiger partial charge in [0.1, 0.15) is 0 Å². The van der Waals surface area contributed by atoms with Crippen LogP contribution in [0.2, 0.25) is 0 Å². The second-order valence-electron chi connectivity index (χ2n) is 7.06. The summed E-state index contributed by atoms with van der Waals surface area (Å²) >= 11 is 5.55. The van der Waals surface area contributed by atoms with Gasteiger partial charge in [-0.15, -0.1) is 10.2 Å². The molecule has 1 heterocycles. The Balaban J connectivity index is 1.62. The van der Waals surface area contributed by atoms with Gasteiger partial charge in [0.2, 0.25) is 11.8 Å². The van der Waals surface area contributed by atoms with E-state index in [4.69, 9.17) is 16.6 Å². The maximum absolute atomic E-state index is 10.9. The summed E-state index contributed by atoms with van der Waals surface area (Å²) < 4.78 is 5.74. The van der Waals surface area contributed by atoms with Gasteiger partial charge >= 0.3 is 0 Å². The molecule has 10 heteroatoms. The van der Waals surface area contributed by atoms with Gasteiger partial charge in [0.25, 0.3) is 5.69 Å². The summed E-state index contributed by atoms with van der Waals surface area (Å²) in [7, 11) is 4.09. The monoisotopic (exact) mass is 404 g/mol. The van der Waals surface area contributed by atoms with Gasteiger partial charge in [0.05, 0.1) is 11.5 Å². The van der Waals surface area contributed by atoms with Crippen molar-refractivity contribution in [3.63, 3.8) is 0 Å². The van der Waals surface area contributed by atoms with Crippen molar-refractivity contribution >= 4 is 23.0 Å². The number of nitrogens with zero attached hydrogens (tertiary/aromatic N) is 5. The third-order valence-electron chi connectivity index (χ3n) is 4.38. The fourth-order valence-corrected chi connectivity index (χ4v) is 3.09. The van der Waals surface area contributed by atoms with Gasteiger partial charge in [-0.25, -0.2) is 0 Å². The lowest BCUT2D eigenvalue weighted by molar-refractivity contribution is -0.384. The lowest BCUT2D eigenvalue weighted by Crippen LogP contribution is -2.41. The lowest BCUT2D eigenvalue weighted by atomic mass is 10.2. The molecule has 1 N–H and O–H groups in total. The number of nitro groups is 1. The number of nitrogens with one attached hydrogen (secondary N) is 1. The van der Waals surface area contributed by atoms with Crippen molar-refractivity contribution in [1.29, 1.82) is 0 Å². The molecule has 1 aliphatic carbocycles. The van der Waals surface area contributed by atoms with Crippen LogP contribution >= 0.6 is 12.2 Å². The number of non-ortho nitro benzene ring substituents is 1. The maximum atomic E-state index is 10.9. The summed E-state index contributed by atoms with van der Waals surface area (Å²) in [5.74, 6) is 0.699. The first-order valence-corrected chi connectivity index (χ1v) is 9.61. The van der Waals surface area contributed by atoms with Crippen LogP contribution in [0.1, 0.15) is 25.2 Å². The molecule has 1 saturated carbocycles. The van der Waals surface area contributed by atoms with E-state index >= 15 is 0 Å². The van der Waals surface area contributed by atoms with Crippen molar-refractivity contribution in [2.75, 3.05) is 27.2 Å². The quantitative estimate of drug-likeness (QED) is 0.292. The van der Waals surface area contributed by atoms with Gasteiger partial charge in [0.15, 0.2) is 5.11 Å². The van der Waals surface area contributed by atoms with Crippen LogP contribution in [0.5, 0.6) is 0 Å². The van der Waals surface area contributed by atoms with E-state index in [1.165, 1.54) is 12.1 Å². The number of hydrogen-bond donors (Lipinski definition) is 1. The fraction of sp³-hybridized carbons (Fsp3) is 0.500. The minimum Gasteiger partial charge on any atom is -0.419 e. The average molecular weight is 404 g/mol. The van der Waals surface area contributed by atoms with Crippen molar-refractivity contribution in [3.05, 3.63) is 40.3 Å². The first-order valence-electron chi connectivity index (χ1n) is 9.20. The second kappa shape index (κ2) is 9.07. The van der Waals surface area contributed by atoms with Crippen molar-refractivity contribution in [3.8, 4) is 11.5 Å². The summed E-state index contributed by atoms with van der Waals surface area (Å²) in [6.45, 7) is 2.23. The van der Waals surface area contributed by atoms with Crippen molar-refractivity contribution in [2.45, 2.75) is 31.8 Å². The molecule has 1 aromatic carbocycles. The van der Waals surface area contributed by atoms with Gasteiger partial charge in [-0.3, -0.25) is 10.1 Å². The molecule has 2 aromatic rings. The third kappa shape index (κ3) is 5.46. The molecule has 150 valence electrons. The number of nitro benzene ring substituents is 1. The summed E-state index contributed by atoms with van der Waals surface area (Å²) in [4.78, 5) is 14.7. The molecule has 0 amide bonds. The van der Waals surface area contributed by atoms with E-state index in [1.807, 2.05) is 14.1 Å². The topological polar surface area (TPSA) is 101 Å². The van der Waals surface area contributed by atoms with Crippen LogP contribution < -0.4 is 5.32 Å². The molecule has 0 bridgehead atoms. The minimum atomic E-state index is -0.448. The van der Waals surface area contributed by atoms with Crippen molar-refractivity contribution in [1.82, 2.24) is 25.3 Å². The summed E-state index contributed by atoms with van der Waals surface area (Å²) in [5.41, 5.74) is 0.510. The highest BCUT2D eigenvalue weighted by Gasteiger charge is 2.32. The number of rotatable bonds is 9. The largest absolute Gasteiger partial charge is 0.419 e. The smallest absolute Gasteiger partial charge is 0.270 e. The SMILES string of the molecule is CN(C)CCCNC(=S)N(Cc1nnc(-c2cccc([N+](=O)[O-])c2)o1)C1CC1. The highest BCUT2D eigenvalue weighted by Crippen LogP contribution is 2.29. The van der Waals surface area contributed by atoms with E-state index in [1.54, 1.807) is 12.1 Å². The molecule has 0 saturated heterocycles. The Hall–Kier alpha value is -2.59. The second-order valence-corrected chi connectivity index (χ2v) is 7.44. The van der Waals surface area contributed by atoms with E-state index in [9.17, 15) is 10.1 Å². The molecule has 0 spiro atoms. The normalized spacial score (nSPS) is 13.5. The van der Waals surface area contributed by atoms with Gasteiger partial charge < -0.3 is 19.5 Å². The zero-order chi connectivity index (χ0) is 20.1. The first kappa shape index (κ1) is 20.2. The number of aromatic nitrogens is 2. The number of benzene rings is 1. The standard InChI is InChI=1S/C18H24N6O3S/c1-22(2)10-4-9-19-18(28)23(14-7-8-14)12-16-20-21-17(27-16)13-5-3-6-15(11-13)24(25)26/h3,5-6,11,14H,4,7-10,12H2,1-2H3,(H,19,28). The molecule has 0 radical (unpaired) electrons. The molecule has 28 heavy (non-hydrogen) atoms. The highest BCUT2D eigenvalue weighted by atomic mass is 32.1. The van der Waals surface area contributed by atoms with E-state index in [0.29, 0.717) is 29.2 Å². The van der Waals surface area contributed by atoms with Crippen LogP contribution in [-0.4, -0.2) is 63.3 Å². The fourth-order valence-electron chi connectivity index (χ4n) is 2.78. The molecule has 0 aliphatic heterocycles. The van der Waals surface area contributed by atoms with E-state index in [2.05, 4.69) is 25.3 Å². The van der Waals surface area contributed by atoms with Crippen molar-refractivity contribution in [2.24, 2.45) is 0 Å². The van der Waals surface area contributed by atoms with Crippen LogP contribution in [-0.2, 0) is 6.54 Å². The van der Waals surface area contributed by atoms with Crippen LogP contribution in [0.25, 0.3) is 11.5 Å². The maximum Gasteiger partial charge on any atom is 0.270 e. The van der Waals surface area contributed by atoms with Crippen LogP contribution in [0.4, 0.5) is 5.69 Å². The first-order chi connectivity index (χ1) is 13.4. The van der Waals surface area contributed by atoms with Crippen molar-refractivity contribution < 1.29 is 9.34 Å². The molecular weight excluding hydrogens is 380 g/mol. The molecule has 0 unspecified atom stereocenters. The zero-order valence-electron chi connectivity index (χ0n) is 16.0. The Kier molecular flexibility index (Phi) is 6.53. The van der Waals surface area contributed by atoms with Gasteiger partial charge in [-0.1, -0.05) is 6.07 Å². The average Bonchev–Trinajstić information content (AvgIpc) is 3.40. The van der Waals surface area contributed by atoms with E-state index in [-0.39, 0.29) is 11.6 Å². The molecule has 1 aliphatic rings. The number of thiocarbonyl (C=S) groups is 1. The Morgan fingerprint density at radius 2 is 2.18 bits per heavy atom. The zero-order valence-corrected chi connectivity index (χ0v) is 16.8. The molecule has 1 aromatic heterocycles. The Bertz CT molecular complexity index is 836. The van der Waals surface area contributed by atoms with E-state index in [0.717, 1.165) is 32.4 Å².